The van der Waals surface area contributed by atoms with Crippen LogP contribution in [-0.4, -0.2) is 9.97 Å². The number of ether oxygens (including phenoxy) is 1. The SMILES string of the molecule is CCCc1nc(N)cc(Oc2cccc(C#N)c2)n1. The molecule has 5 nitrogen and oxygen atoms in total. The van der Waals surface area contributed by atoms with E-state index in [4.69, 9.17) is 15.7 Å². The molecule has 2 aromatic rings. The van der Waals surface area contributed by atoms with E-state index in [1.54, 1.807) is 30.3 Å². The minimum absolute atomic E-state index is 0.380. The summed E-state index contributed by atoms with van der Waals surface area (Å²) in [6.07, 6.45) is 1.69. The van der Waals surface area contributed by atoms with Crippen LogP contribution in [0.2, 0.25) is 0 Å². The van der Waals surface area contributed by atoms with Crippen molar-refractivity contribution in [3.8, 4) is 17.7 Å². The van der Waals surface area contributed by atoms with E-state index < -0.39 is 0 Å². The molecule has 1 aromatic carbocycles. The van der Waals surface area contributed by atoms with E-state index in [1.807, 2.05) is 6.92 Å². The summed E-state index contributed by atoms with van der Waals surface area (Å²) in [6.45, 7) is 2.05. The van der Waals surface area contributed by atoms with Gasteiger partial charge in [0.05, 0.1) is 11.6 Å². The van der Waals surface area contributed by atoms with E-state index in [0.29, 0.717) is 28.8 Å². The van der Waals surface area contributed by atoms with Gasteiger partial charge in [-0.1, -0.05) is 13.0 Å². The normalized spacial score (nSPS) is 9.89. The van der Waals surface area contributed by atoms with E-state index in [0.717, 1.165) is 12.8 Å². The van der Waals surface area contributed by atoms with Crippen molar-refractivity contribution in [1.29, 1.82) is 5.26 Å². The second-order valence-corrected chi connectivity index (χ2v) is 4.04. The van der Waals surface area contributed by atoms with E-state index in [-0.39, 0.29) is 0 Å². The Hall–Kier alpha value is -2.61. The predicted molar refractivity (Wildman–Crippen MR) is 71.7 cm³/mol. The highest BCUT2D eigenvalue weighted by molar-refractivity contribution is 5.39. The minimum Gasteiger partial charge on any atom is -0.439 e. The Morgan fingerprint density at radius 2 is 2.16 bits per heavy atom. The summed E-state index contributed by atoms with van der Waals surface area (Å²) in [6, 6.07) is 10.5. The van der Waals surface area contributed by atoms with Crippen LogP contribution >= 0.6 is 0 Å². The number of anilines is 1. The maximum absolute atomic E-state index is 8.84. The van der Waals surface area contributed by atoms with Crippen LogP contribution in [0.3, 0.4) is 0 Å². The van der Waals surface area contributed by atoms with E-state index >= 15 is 0 Å². The quantitative estimate of drug-likeness (QED) is 0.906. The van der Waals surface area contributed by atoms with Gasteiger partial charge in [-0.3, -0.25) is 0 Å². The van der Waals surface area contributed by atoms with Gasteiger partial charge in [0.15, 0.2) is 0 Å². The van der Waals surface area contributed by atoms with Gasteiger partial charge in [0, 0.05) is 12.5 Å². The van der Waals surface area contributed by atoms with Gasteiger partial charge in [-0.25, -0.2) is 4.98 Å². The molecule has 0 saturated carbocycles. The average Bonchev–Trinajstić information content (AvgIpc) is 2.38. The molecular formula is C14H14N4O. The lowest BCUT2D eigenvalue weighted by molar-refractivity contribution is 0.458. The molecule has 0 atom stereocenters. The van der Waals surface area contributed by atoms with Crippen LogP contribution in [0.1, 0.15) is 24.7 Å². The number of hydrogen-bond donors (Lipinski definition) is 1. The highest BCUT2D eigenvalue weighted by Crippen LogP contribution is 2.21. The fraction of sp³-hybridized carbons (Fsp3) is 0.214. The number of benzene rings is 1. The van der Waals surface area contributed by atoms with Crippen molar-refractivity contribution in [1.82, 2.24) is 9.97 Å². The van der Waals surface area contributed by atoms with Gasteiger partial charge in [0.2, 0.25) is 5.88 Å². The first kappa shape index (κ1) is 12.8. The third-order valence-corrected chi connectivity index (χ3v) is 2.43. The molecule has 2 N–H and O–H groups in total. The molecule has 0 aliphatic rings. The summed E-state index contributed by atoms with van der Waals surface area (Å²) in [4.78, 5) is 8.41. The molecule has 96 valence electrons. The number of rotatable bonds is 4. The van der Waals surface area contributed by atoms with Crippen molar-refractivity contribution < 1.29 is 4.74 Å². The molecule has 0 spiro atoms. The van der Waals surface area contributed by atoms with Crippen LogP contribution in [0.25, 0.3) is 0 Å². The Balaban J connectivity index is 2.25. The molecule has 0 unspecified atom stereocenters. The zero-order chi connectivity index (χ0) is 13.7. The summed E-state index contributed by atoms with van der Waals surface area (Å²) in [5.41, 5.74) is 6.25. The minimum atomic E-state index is 0.380. The second kappa shape index (κ2) is 5.83. The molecule has 1 heterocycles. The Labute approximate surface area is 111 Å². The largest absolute Gasteiger partial charge is 0.439 e. The standard InChI is InChI=1S/C14H14N4O/c1-2-4-13-17-12(16)8-14(18-13)19-11-6-3-5-10(7-11)9-15/h3,5-8H,2,4H2,1H3,(H2,16,17,18). The molecule has 0 radical (unpaired) electrons. The maximum atomic E-state index is 8.84. The lowest BCUT2D eigenvalue weighted by Crippen LogP contribution is -2.01. The number of nitrogens with zero attached hydrogens (tertiary/aromatic N) is 3. The summed E-state index contributed by atoms with van der Waals surface area (Å²) < 4.78 is 5.61. The van der Waals surface area contributed by atoms with Gasteiger partial charge in [0.1, 0.15) is 17.4 Å². The van der Waals surface area contributed by atoms with E-state index in [2.05, 4.69) is 16.0 Å². The number of hydrogen-bond acceptors (Lipinski definition) is 5. The second-order valence-electron chi connectivity index (χ2n) is 4.04. The molecule has 0 aliphatic heterocycles. The van der Waals surface area contributed by atoms with Crippen molar-refractivity contribution >= 4 is 5.82 Å². The predicted octanol–water partition coefficient (Wildman–Crippen LogP) is 2.68. The summed E-state index contributed by atoms with van der Waals surface area (Å²) in [5.74, 6) is 1.99. The molecule has 0 bridgehead atoms. The van der Waals surface area contributed by atoms with E-state index in [9.17, 15) is 0 Å². The number of nitrogen functional groups attached to an aromatic ring is 1. The first-order valence-electron chi connectivity index (χ1n) is 6.02. The monoisotopic (exact) mass is 254 g/mol. The van der Waals surface area contributed by atoms with Gasteiger partial charge in [0.25, 0.3) is 0 Å². The molecule has 0 fully saturated rings. The number of nitrogens with two attached hydrogens (primary N) is 1. The number of nitriles is 1. The molecule has 0 saturated heterocycles. The summed E-state index contributed by atoms with van der Waals surface area (Å²) in [7, 11) is 0. The lowest BCUT2D eigenvalue weighted by Gasteiger charge is -2.07. The fourth-order valence-corrected chi connectivity index (χ4v) is 1.63. The van der Waals surface area contributed by atoms with Crippen LogP contribution in [0.5, 0.6) is 11.6 Å². The van der Waals surface area contributed by atoms with E-state index in [1.165, 1.54) is 0 Å². The van der Waals surface area contributed by atoms with Gasteiger partial charge < -0.3 is 10.5 Å². The summed E-state index contributed by atoms with van der Waals surface area (Å²) >= 11 is 0. The molecule has 0 amide bonds. The van der Waals surface area contributed by atoms with Gasteiger partial charge >= 0.3 is 0 Å². The van der Waals surface area contributed by atoms with Gasteiger partial charge in [-0.15, -0.1) is 0 Å². The average molecular weight is 254 g/mol. The van der Waals surface area contributed by atoms with Gasteiger partial charge in [-0.2, -0.15) is 10.2 Å². The first-order chi connectivity index (χ1) is 9.21. The Morgan fingerprint density at radius 3 is 2.89 bits per heavy atom. The van der Waals surface area contributed by atoms with Crippen molar-refractivity contribution in [3.63, 3.8) is 0 Å². The van der Waals surface area contributed by atoms with Crippen LogP contribution in [0.15, 0.2) is 30.3 Å². The third-order valence-electron chi connectivity index (χ3n) is 2.43. The van der Waals surface area contributed by atoms with Gasteiger partial charge in [-0.05, 0) is 24.6 Å². The zero-order valence-electron chi connectivity index (χ0n) is 10.6. The lowest BCUT2D eigenvalue weighted by atomic mass is 10.2. The van der Waals surface area contributed by atoms with Crippen LogP contribution in [0.4, 0.5) is 5.82 Å². The van der Waals surface area contributed by atoms with Crippen molar-refractivity contribution in [3.05, 3.63) is 41.7 Å². The molecule has 5 heteroatoms. The number of aromatic nitrogens is 2. The van der Waals surface area contributed by atoms with Crippen LogP contribution in [-0.2, 0) is 6.42 Å². The maximum Gasteiger partial charge on any atom is 0.224 e. The zero-order valence-corrected chi connectivity index (χ0v) is 10.6. The topological polar surface area (TPSA) is 84.8 Å². The summed E-state index contributed by atoms with van der Waals surface area (Å²) in [5, 5.41) is 8.84. The number of aryl methyl sites for hydroxylation is 1. The van der Waals surface area contributed by atoms with Crippen molar-refractivity contribution in [2.75, 3.05) is 5.73 Å². The van der Waals surface area contributed by atoms with Crippen molar-refractivity contribution in [2.45, 2.75) is 19.8 Å². The smallest absolute Gasteiger partial charge is 0.224 e. The fourth-order valence-electron chi connectivity index (χ4n) is 1.63. The molecule has 19 heavy (non-hydrogen) atoms. The molecule has 0 aliphatic carbocycles. The van der Waals surface area contributed by atoms with Crippen LogP contribution < -0.4 is 10.5 Å². The van der Waals surface area contributed by atoms with Crippen LogP contribution in [0, 0.1) is 11.3 Å². The highest BCUT2D eigenvalue weighted by atomic mass is 16.5. The van der Waals surface area contributed by atoms with Crippen molar-refractivity contribution in [2.24, 2.45) is 0 Å². The highest BCUT2D eigenvalue weighted by Gasteiger charge is 2.05. The molecule has 2 rings (SSSR count). The Bertz CT molecular complexity index is 619. The first-order valence-corrected chi connectivity index (χ1v) is 6.02. The molecular weight excluding hydrogens is 240 g/mol. The third kappa shape index (κ3) is 3.42. The Kier molecular flexibility index (Phi) is 3.94. The molecule has 1 aromatic heterocycles. The Morgan fingerprint density at radius 1 is 1.32 bits per heavy atom.